The molecule has 5 rings (SSSR count). The number of halogens is 3. The van der Waals surface area contributed by atoms with Crippen molar-refractivity contribution < 1.29 is 32.5 Å². The van der Waals surface area contributed by atoms with Crippen LogP contribution in [0.15, 0.2) is 54.6 Å². The molecule has 3 aromatic carbocycles. The zero-order valence-corrected chi connectivity index (χ0v) is 25.8. The highest BCUT2D eigenvalue weighted by Gasteiger charge is 2.39. The number of alkyl halides is 1. The minimum atomic E-state index is -1.74. The first kappa shape index (κ1) is 32.2. The number of ether oxygens (including phenoxy) is 2. The Balaban J connectivity index is 0.00000207. The van der Waals surface area contributed by atoms with Crippen molar-refractivity contribution in [2.24, 2.45) is 5.41 Å². The van der Waals surface area contributed by atoms with Gasteiger partial charge >= 0.3 is 5.97 Å². The summed E-state index contributed by atoms with van der Waals surface area (Å²) >= 11 is 0. The molecule has 0 aliphatic heterocycles. The third-order valence-electron chi connectivity index (χ3n) is 8.58. The normalized spacial score (nSPS) is 20.4. The van der Waals surface area contributed by atoms with E-state index in [2.05, 4.69) is 19.9 Å². The Labute approximate surface area is 252 Å². The van der Waals surface area contributed by atoms with Gasteiger partial charge < -0.3 is 14.6 Å². The van der Waals surface area contributed by atoms with E-state index in [0.717, 1.165) is 35.1 Å². The smallest absolute Gasteiger partial charge is 0.303 e. The largest absolute Gasteiger partial charge is 0.497 e. The van der Waals surface area contributed by atoms with E-state index in [1.807, 2.05) is 32.0 Å². The van der Waals surface area contributed by atoms with Crippen molar-refractivity contribution in [1.29, 1.82) is 0 Å². The minimum absolute atomic E-state index is 0.0216. The van der Waals surface area contributed by atoms with Gasteiger partial charge in [0.1, 0.15) is 23.8 Å². The predicted molar refractivity (Wildman–Crippen MR) is 164 cm³/mol. The lowest BCUT2D eigenvalue weighted by Crippen LogP contribution is -2.27. The van der Waals surface area contributed by atoms with Gasteiger partial charge in [0.05, 0.1) is 13.5 Å². The summed E-state index contributed by atoms with van der Waals surface area (Å²) in [6.45, 7) is 9.74. The van der Waals surface area contributed by atoms with Crippen molar-refractivity contribution in [1.82, 2.24) is 0 Å². The molecule has 2 aliphatic carbocycles. The van der Waals surface area contributed by atoms with E-state index in [4.69, 9.17) is 9.47 Å². The van der Waals surface area contributed by atoms with Crippen LogP contribution in [-0.2, 0) is 17.1 Å². The molecule has 7 heteroatoms. The van der Waals surface area contributed by atoms with Gasteiger partial charge in [-0.15, -0.1) is 0 Å². The molecule has 1 N–H and O–H groups in total. The summed E-state index contributed by atoms with van der Waals surface area (Å²) in [5, 5.41) is 9.36. The van der Waals surface area contributed by atoms with Crippen molar-refractivity contribution in [3.63, 3.8) is 0 Å². The molecule has 43 heavy (non-hydrogen) atoms. The molecule has 0 radical (unpaired) electrons. The molecule has 0 aromatic heterocycles. The van der Waals surface area contributed by atoms with Crippen LogP contribution in [-0.4, -0.2) is 18.2 Å². The number of allylic oxidation sites excluding steroid dienone is 2. The average Bonchev–Trinajstić information content (AvgIpc) is 3.33. The van der Waals surface area contributed by atoms with Crippen molar-refractivity contribution in [2.45, 2.75) is 84.9 Å². The topological polar surface area (TPSA) is 55.8 Å². The van der Waals surface area contributed by atoms with Crippen LogP contribution in [0.2, 0.25) is 0 Å². The highest BCUT2D eigenvalue weighted by molar-refractivity contribution is 5.85. The Bertz CT molecular complexity index is 1520. The number of carboxylic acids is 1. The quantitative estimate of drug-likeness (QED) is 0.282. The molecule has 2 atom stereocenters. The molecule has 0 bridgehead atoms. The number of fused-ring (bicyclic) bond motifs is 1. The van der Waals surface area contributed by atoms with E-state index >= 15 is 13.2 Å². The summed E-state index contributed by atoms with van der Waals surface area (Å²) in [5.74, 6) is -2.27. The number of carbonyl (C=O) groups is 1. The van der Waals surface area contributed by atoms with Crippen LogP contribution >= 0.6 is 0 Å². The Hall–Kier alpha value is -3.74. The Kier molecular flexibility index (Phi) is 9.63. The molecule has 4 nitrogen and oxygen atoms in total. The first-order valence-electron chi connectivity index (χ1n) is 15.0. The van der Waals surface area contributed by atoms with Crippen molar-refractivity contribution in [2.75, 3.05) is 7.11 Å². The Morgan fingerprint density at radius 3 is 2.37 bits per heavy atom. The number of hydrogen-bond acceptors (Lipinski definition) is 3. The standard InChI is InChI=1S/C34H35F3O4.C2H6/c1-33(2)14-5-6-26(33)24-16-20(7-9-23(24)25-18-22(40-4)8-11-28(25)35)19-41-29-12-10-27-31(32(29)36)21(17-30(38)39)13-15-34(27,3)37;1-2/h6-12,16,18,21H,5,13-15,17,19H2,1-4H3,(H,38,39);1-2H3. The zero-order chi connectivity index (χ0) is 31.5. The lowest BCUT2D eigenvalue weighted by atomic mass is 9.74. The molecule has 3 aromatic rings. The fourth-order valence-corrected chi connectivity index (χ4v) is 6.28. The van der Waals surface area contributed by atoms with Crippen molar-refractivity contribution >= 4 is 11.5 Å². The number of methoxy groups -OCH3 is 1. The van der Waals surface area contributed by atoms with Gasteiger partial charge in [-0.2, -0.15) is 0 Å². The fourth-order valence-electron chi connectivity index (χ4n) is 6.28. The summed E-state index contributed by atoms with van der Waals surface area (Å²) < 4.78 is 57.4. The number of aliphatic carboxylic acids is 1. The van der Waals surface area contributed by atoms with Gasteiger partial charge in [0.2, 0.25) is 0 Å². The van der Waals surface area contributed by atoms with E-state index in [1.54, 1.807) is 19.2 Å². The van der Waals surface area contributed by atoms with Gasteiger partial charge in [-0.1, -0.05) is 52.0 Å². The number of benzene rings is 3. The lowest BCUT2D eigenvalue weighted by Gasteiger charge is -2.34. The van der Waals surface area contributed by atoms with Crippen molar-refractivity contribution in [3.05, 3.63) is 88.5 Å². The van der Waals surface area contributed by atoms with Crippen LogP contribution in [0.25, 0.3) is 16.7 Å². The van der Waals surface area contributed by atoms with E-state index in [0.29, 0.717) is 11.3 Å². The molecule has 0 saturated heterocycles. The second-order valence-electron chi connectivity index (χ2n) is 11.9. The molecule has 0 heterocycles. The predicted octanol–water partition coefficient (Wildman–Crippen LogP) is 9.99. The molecule has 0 spiro atoms. The van der Waals surface area contributed by atoms with Gasteiger partial charge in [-0.05, 0) is 102 Å². The van der Waals surface area contributed by atoms with Gasteiger partial charge in [-0.3, -0.25) is 4.79 Å². The Morgan fingerprint density at radius 2 is 1.72 bits per heavy atom. The fraction of sp³-hybridized carbons (Fsp3) is 0.417. The second kappa shape index (κ2) is 12.9. The minimum Gasteiger partial charge on any atom is -0.497 e. The SMILES string of the molecule is CC.COc1ccc(F)c(-c2ccc(COc3ccc4c(c3F)C(CC(=O)O)CCC4(C)F)cc2C2=CCCC2(C)C)c1. The van der Waals surface area contributed by atoms with Crippen LogP contribution in [0.3, 0.4) is 0 Å². The molecule has 2 unspecified atom stereocenters. The van der Waals surface area contributed by atoms with E-state index in [9.17, 15) is 9.90 Å². The van der Waals surface area contributed by atoms with Crippen LogP contribution in [0, 0.1) is 17.0 Å². The summed E-state index contributed by atoms with van der Waals surface area (Å²) in [6.07, 6.45) is 4.15. The van der Waals surface area contributed by atoms with Crippen LogP contribution in [0.5, 0.6) is 11.5 Å². The lowest BCUT2D eigenvalue weighted by molar-refractivity contribution is -0.137. The molecule has 0 fully saturated rings. The van der Waals surface area contributed by atoms with Crippen LogP contribution in [0.4, 0.5) is 13.2 Å². The maximum atomic E-state index is 15.8. The maximum absolute atomic E-state index is 15.8. The third-order valence-corrected chi connectivity index (χ3v) is 8.58. The van der Waals surface area contributed by atoms with Crippen molar-refractivity contribution in [3.8, 4) is 22.6 Å². The summed E-state index contributed by atoms with van der Waals surface area (Å²) in [5.41, 5.74) is 2.30. The summed E-state index contributed by atoms with van der Waals surface area (Å²) in [7, 11) is 1.54. The second-order valence-corrected chi connectivity index (χ2v) is 11.9. The molecular formula is C36H41F3O4. The van der Waals surface area contributed by atoms with Gasteiger partial charge in [0.15, 0.2) is 11.6 Å². The number of rotatable bonds is 8. The number of carboxylic acid groups (broad SMARTS) is 1. The van der Waals surface area contributed by atoms with Gasteiger partial charge in [0, 0.05) is 11.1 Å². The van der Waals surface area contributed by atoms with Crippen LogP contribution < -0.4 is 9.47 Å². The molecule has 0 amide bonds. The molecule has 230 valence electrons. The highest BCUT2D eigenvalue weighted by atomic mass is 19.1. The molecule has 0 saturated carbocycles. The van der Waals surface area contributed by atoms with Gasteiger partial charge in [0.25, 0.3) is 0 Å². The summed E-state index contributed by atoms with van der Waals surface area (Å²) in [6, 6.07) is 13.2. The summed E-state index contributed by atoms with van der Waals surface area (Å²) in [4.78, 5) is 11.4. The molecule has 2 aliphatic rings. The zero-order valence-electron chi connectivity index (χ0n) is 25.8. The van der Waals surface area contributed by atoms with Crippen LogP contribution in [0.1, 0.15) is 94.9 Å². The van der Waals surface area contributed by atoms with Gasteiger partial charge in [-0.25, -0.2) is 13.2 Å². The average molecular weight is 595 g/mol. The first-order valence-corrected chi connectivity index (χ1v) is 15.0. The Morgan fingerprint density at radius 1 is 0.977 bits per heavy atom. The van der Waals surface area contributed by atoms with E-state index in [1.165, 1.54) is 25.1 Å². The monoisotopic (exact) mass is 594 g/mol. The highest BCUT2D eigenvalue weighted by Crippen LogP contribution is 2.49. The number of hydrogen-bond donors (Lipinski definition) is 1. The first-order chi connectivity index (χ1) is 20.4. The maximum Gasteiger partial charge on any atom is 0.303 e. The molecular weight excluding hydrogens is 553 g/mol. The van der Waals surface area contributed by atoms with E-state index < -0.39 is 23.4 Å². The van der Waals surface area contributed by atoms with E-state index in [-0.39, 0.29) is 54.0 Å². The third kappa shape index (κ3) is 6.61.